The molecular weight excluding hydrogens is 340 g/mol. The van der Waals surface area contributed by atoms with E-state index in [-0.39, 0.29) is 0 Å². The molecule has 3 N–H and O–H groups in total. The lowest BCUT2D eigenvalue weighted by molar-refractivity contribution is 0.440. The molecule has 3 nitrogen and oxygen atoms in total. The molecule has 4 heteroatoms. The number of hydrogen-bond acceptors (Lipinski definition) is 2. The minimum Gasteiger partial charge on any atom is -0.457 e. The van der Waals surface area contributed by atoms with Gasteiger partial charge in [-0.3, -0.25) is 0 Å². The van der Waals surface area contributed by atoms with Crippen LogP contribution < -0.4 is 15.8 Å². The van der Waals surface area contributed by atoms with Crippen LogP contribution in [0.5, 0.6) is 11.5 Å². The summed E-state index contributed by atoms with van der Waals surface area (Å²) in [4.78, 5) is 0. The average molecular weight is 369 g/mol. The number of anilines is 1. The van der Waals surface area contributed by atoms with Gasteiger partial charge in [0.2, 0.25) is 0 Å². The lowest BCUT2D eigenvalue weighted by Gasteiger charge is -2.28. The van der Waals surface area contributed by atoms with Crippen molar-refractivity contribution in [3.8, 4) is 11.5 Å². The van der Waals surface area contributed by atoms with Crippen molar-refractivity contribution in [2.75, 3.05) is 5.32 Å². The number of para-hydroxylation sites is 1. The molecular formula is C22H28N2OS. The Labute approximate surface area is 161 Å². The van der Waals surface area contributed by atoms with E-state index < -0.39 is 0 Å². The van der Waals surface area contributed by atoms with Crippen molar-refractivity contribution >= 4 is 23.0 Å². The molecule has 1 fully saturated rings. The maximum atomic E-state index is 6.17. The van der Waals surface area contributed by atoms with Gasteiger partial charge in [-0.05, 0) is 72.3 Å². The zero-order valence-electron chi connectivity index (χ0n) is 15.6. The van der Waals surface area contributed by atoms with Crippen LogP contribution in [0.25, 0.3) is 0 Å². The predicted molar refractivity (Wildman–Crippen MR) is 113 cm³/mol. The Morgan fingerprint density at radius 3 is 2.38 bits per heavy atom. The van der Waals surface area contributed by atoms with Crippen LogP contribution in [-0.4, -0.2) is 5.11 Å². The van der Waals surface area contributed by atoms with Gasteiger partial charge in [-0.25, -0.2) is 0 Å². The molecule has 2 aromatic carbocycles. The van der Waals surface area contributed by atoms with Gasteiger partial charge in [0, 0.05) is 5.69 Å². The second-order valence-electron chi connectivity index (χ2n) is 7.37. The maximum absolute atomic E-state index is 6.17. The van der Waals surface area contributed by atoms with Crippen LogP contribution in [0.1, 0.15) is 68.9 Å². The fraction of sp³-hybridized carbons (Fsp3) is 0.409. The summed E-state index contributed by atoms with van der Waals surface area (Å²) >= 11 is 5.16. The minimum absolute atomic E-state index is 0.320. The quantitative estimate of drug-likeness (QED) is 0.608. The summed E-state index contributed by atoms with van der Waals surface area (Å²) in [5.41, 5.74) is 9.41. The fourth-order valence-electron chi connectivity index (χ4n) is 3.80. The second-order valence-corrected chi connectivity index (χ2v) is 7.81. The van der Waals surface area contributed by atoms with Crippen molar-refractivity contribution in [3.05, 3.63) is 53.6 Å². The summed E-state index contributed by atoms with van der Waals surface area (Å²) in [7, 11) is 0. The van der Waals surface area contributed by atoms with Crippen molar-refractivity contribution in [1.82, 2.24) is 0 Å². The largest absolute Gasteiger partial charge is 0.457 e. The number of rotatable bonds is 5. The van der Waals surface area contributed by atoms with Gasteiger partial charge in [-0.2, -0.15) is 0 Å². The zero-order chi connectivity index (χ0) is 18.5. The maximum Gasteiger partial charge on any atom is 0.168 e. The molecule has 1 aliphatic carbocycles. The summed E-state index contributed by atoms with van der Waals surface area (Å²) in [6, 6.07) is 14.2. The van der Waals surface area contributed by atoms with E-state index in [0.717, 1.165) is 17.2 Å². The Kier molecular flexibility index (Phi) is 6.15. The molecule has 0 radical (unpaired) electrons. The monoisotopic (exact) mass is 368 g/mol. The minimum atomic E-state index is 0.320. The SMILES string of the molecule is CC(C)c1cc(Oc2ccccc2)cc(C2CCCCC2)c1NC(N)=S. The fourth-order valence-corrected chi connectivity index (χ4v) is 3.90. The van der Waals surface area contributed by atoms with Crippen LogP contribution in [0.4, 0.5) is 5.69 Å². The molecule has 0 spiro atoms. The first-order valence-electron chi connectivity index (χ1n) is 9.51. The van der Waals surface area contributed by atoms with E-state index in [1.807, 2.05) is 30.3 Å². The van der Waals surface area contributed by atoms with E-state index in [2.05, 4.69) is 31.3 Å². The smallest absolute Gasteiger partial charge is 0.168 e. The summed E-state index contributed by atoms with van der Waals surface area (Å²) in [5, 5.41) is 3.59. The molecule has 0 aromatic heterocycles. The zero-order valence-corrected chi connectivity index (χ0v) is 16.4. The van der Waals surface area contributed by atoms with Gasteiger partial charge in [0.1, 0.15) is 11.5 Å². The second kappa shape index (κ2) is 8.54. The highest BCUT2D eigenvalue weighted by Gasteiger charge is 2.23. The van der Waals surface area contributed by atoms with Crippen molar-refractivity contribution in [2.45, 2.75) is 57.8 Å². The Morgan fingerprint density at radius 2 is 1.77 bits per heavy atom. The molecule has 1 saturated carbocycles. The number of benzene rings is 2. The van der Waals surface area contributed by atoms with Crippen molar-refractivity contribution in [2.24, 2.45) is 5.73 Å². The highest BCUT2D eigenvalue weighted by Crippen LogP contribution is 2.42. The van der Waals surface area contributed by atoms with Crippen LogP contribution in [-0.2, 0) is 0 Å². The summed E-state index contributed by atoms with van der Waals surface area (Å²) in [6.45, 7) is 4.38. The molecule has 138 valence electrons. The number of nitrogens with two attached hydrogens (primary N) is 1. The third kappa shape index (κ3) is 4.55. The van der Waals surface area contributed by atoms with Crippen LogP contribution in [0, 0.1) is 0 Å². The van der Waals surface area contributed by atoms with E-state index in [1.165, 1.54) is 43.2 Å². The Bertz CT molecular complexity index is 752. The molecule has 26 heavy (non-hydrogen) atoms. The summed E-state index contributed by atoms with van der Waals surface area (Å²) in [6.07, 6.45) is 6.29. The Morgan fingerprint density at radius 1 is 1.08 bits per heavy atom. The van der Waals surface area contributed by atoms with E-state index in [4.69, 9.17) is 22.7 Å². The van der Waals surface area contributed by atoms with E-state index in [1.54, 1.807) is 0 Å². The first-order valence-corrected chi connectivity index (χ1v) is 9.92. The van der Waals surface area contributed by atoms with Gasteiger partial charge in [0.15, 0.2) is 5.11 Å². The van der Waals surface area contributed by atoms with Gasteiger partial charge in [-0.15, -0.1) is 0 Å². The van der Waals surface area contributed by atoms with Crippen molar-refractivity contribution in [3.63, 3.8) is 0 Å². The lowest BCUT2D eigenvalue weighted by atomic mass is 9.81. The molecule has 1 aliphatic rings. The highest BCUT2D eigenvalue weighted by atomic mass is 32.1. The van der Waals surface area contributed by atoms with Gasteiger partial charge >= 0.3 is 0 Å². The Hall–Kier alpha value is -2.07. The highest BCUT2D eigenvalue weighted by molar-refractivity contribution is 7.80. The number of hydrogen-bond donors (Lipinski definition) is 2. The van der Waals surface area contributed by atoms with Gasteiger partial charge in [-0.1, -0.05) is 51.3 Å². The first-order chi connectivity index (χ1) is 12.5. The van der Waals surface area contributed by atoms with Crippen LogP contribution in [0.15, 0.2) is 42.5 Å². The van der Waals surface area contributed by atoms with Crippen LogP contribution >= 0.6 is 12.2 Å². The average Bonchev–Trinajstić information content (AvgIpc) is 2.63. The molecule has 3 rings (SSSR count). The third-order valence-corrected chi connectivity index (χ3v) is 5.17. The molecule has 0 bridgehead atoms. The van der Waals surface area contributed by atoms with E-state index >= 15 is 0 Å². The normalized spacial score (nSPS) is 15.0. The lowest BCUT2D eigenvalue weighted by Crippen LogP contribution is -2.22. The van der Waals surface area contributed by atoms with Gasteiger partial charge in [0.05, 0.1) is 0 Å². The van der Waals surface area contributed by atoms with Crippen LogP contribution in [0.2, 0.25) is 0 Å². The molecule has 0 unspecified atom stereocenters. The molecule has 0 atom stereocenters. The first kappa shape index (κ1) is 18.7. The number of ether oxygens (including phenoxy) is 1. The number of nitrogens with one attached hydrogen (secondary N) is 1. The van der Waals surface area contributed by atoms with Crippen LogP contribution in [0.3, 0.4) is 0 Å². The molecule has 2 aromatic rings. The Balaban J connectivity index is 2.05. The molecule has 0 aliphatic heterocycles. The summed E-state index contributed by atoms with van der Waals surface area (Å²) < 4.78 is 6.17. The standard InChI is InChI=1S/C22H28N2OS/c1-15(2)19-13-18(25-17-11-7-4-8-12-17)14-20(21(19)24-22(23)26)16-9-5-3-6-10-16/h4,7-8,11-16H,3,5-6,9-10H2,1-2H3,(H3,23,24,26). The van der Waals surface area contributed by atoms with Gasteiger partial charge in [0.25, 0.3) is 0 Å². The van der Waals surface area contributed by atoms with Gasteiger partial charge < -0.3 is 15.8 Å². The van der Waals surface area contributed by atoms with Crippen molar-refractivity contribution < 1.29 is 4.74 Å². The topological polar surface area (TPSA) is 47.3 Å². The predicted octanol–water partition coefficient (Wildman–Crippen LogP) is 6.31. The third-order valence-electron chi connectivity index (χ3n) is 5.07. The van der Waals surface area contributed by atoms with Crippen molar-refractivity contribution in [1.29, 1.82) is 0 Å². The molecule has 0 saturated heterocycles. The molecule has 0 heterocycles. The van der Waals surface area contributed by atoms with E-state index in [0.29, 0.717) is 16.9 Å². The molecule has 0 amide bonds. The van der Waals surface area contributed by atoms with E-state index in [9.17, 15) is 0 Å². The number of thiocarbonyl (C=S) groups is 1. The summed E-state index contributed by atoms with van der Waals surface area (Å²) in [5.74, 6) is 2.60.